The van der Waals surface area contributed by atoms with Crippen molar-refractivity contribution < 1.29 is 0 Å². The first-order valence-electron chi connectivity index (χ1n) is 8.44. The van der Waals surface area contributed by atoms with E-state index in [1.54, 1.807) is 0 Å². The third-order valence-electron chi connectivity index (χ3n) is 6.09. The van der Waals surface area contributed by atoms with Crippen molar-refractivity contribution in [1.82, 2.24) is 9.97 Å². The molecule has 0 aliphatic heterocycles. The predicted molar refractivity (Wildman–Crippen MR) is 80.6 cm³/mol. The van der Waals surface area contributed by atoms with E-state index in [4.69, 9.17) is 10.7 Å². The van der Waals surface area contributed by atoms with Crippen LogP contribution in [-0.4, -0.2) is 16.5 Å². The average Bonchev–Trinajstić information content (AvgIpc) is 2.77. The molecule has 5 rings (SSSR count). The van der Waals surface area contributed by atoms with Crippen LogP contribution in [0.2, 0.25) is 0 Å². The van der Waals surface area contributed by atoms with Crippen LogP contribution in [-0.2, 0) is 11.8 Å². The third kappa shape index (κ3) is 1.93. The maximum atomic E-state index is 5.63. The lowest BCUT2D eigenvalue weighted by molar-refractivity contribution is -0.00735. The molecule has 0 amide bonds. The Kier molecular flexibility index (Phi) is 2.95. The van der Waals surface area contributed by atoms with Crippen LogP contribution >= 0.6 is 0 Å². The number of nitrogens with one attached hydrogen (secondary N) is 1. The van der Waals surface area contributed by atoms with Crippen molar-refractivity contribution in [3.63, 3.8) is 0 Å². The Morgan fingerprint density at radius 1 is 1.15 bits per heavy atom. The van der Waals surface area contributed by atoms with Crippen molar-refractivity contribution in [2.75, 3.05) is 6.54 Å². The fraction of sp³-hybridized carbons (Fsp3) is 0.824. The molecule has 1 heterocycles. The lowest BCUT2D eigenvalue weighted by Crippen LogP contribution is -2.49. The Balaban J connectivity index is 1.65. The second-order valence-electron chi connectivity index (χ2n) is 7.75. The zero-order chi connectivity index (χ0) is 13.7. The highest BCUT2D eigenvalue weighted by molar-refractivity contribution is 5.28. The van der Waals surface area contributed by atoms with Gasteiger partial charge in [-0.3, -0.25) is 0 Å². The largest absolute Gasteiger partial charge is 0.346 e. The summed E-state index contributed by atoms with van der Waals surface area (Å²) < 4.78 is 0. The molecule has 4 aliphatic carbocycles. The van der Waals surface area contributed by atoms with Gasteiger partial charge in [0.1, 0.15) is 5.82 Å². The van der Waals surface area contributed by atoms with E-state index in [1.165, 1.54) is 55.7 Å². The number of imidazole rings is 1. The summed E-state index contributed by atoms with van der Waals surface area (Å²) in [5.41, 5.74) is 8.81. The lowest BCUT2D eigenvalue weighted by atomic mass is 9.48. The Bertz CT molecular complexity index is 467. The molecule has 0 unspecified atom stereocenters. The van der Waals surface area contributed by atoms with Crippen LogP contribution in [0.1, 0.15) is 62.2 Å². The zero-order valence-electron chi connectivity index (χ0n) is 12.6. The Hall–Kier alpha value is -0.830. The van der Waals surface area contributed by atoms with Crippen molar-refractivity contribution >= 4 is 0 Å². The Morgan fingerprint density at radius 2 is 1.75 bits per heavy atom. The molecule has 20 heavy (non-hydrogen) atoms. The molecule has 0 aromatic carbocycles. The number of hydrogen-bond acceptors (Lipinski definition) is 2. The molecule has 0 saturated heterocycles. The second-order valence-corrected chi connectivity index (χ2v) is 7.75. The minimum atomic E-state index is 0.427. The maximum Gasteiger partial charge on any atom is 0.106 e. The first kappa shape index (κ1) is 12.9. The molecule has 0 spiro atoms. The molecule has 0 atom stereocenters. The van der Waals surface area contributed by atoms with E-state index >= 15 is 0 Å². The van der Waals surface area contributed by atoms with Crippen LogP contribution < -0.4 is 5.73 Å². The molecular weight excluding hydrogens is 246 g/mol. The topological polar surface area (TPSA) is 54.7 Å². The number of rotatable bonds is 4. The van der Waals surface area contributed by atoms with Gasteiger partial charge >= 0.3 is 0 Å². The highest BCUT2D eigenvalue weighted by Gasteiger charge is 2.53. The lowest BCUT2D eigenvalue weighted by Gasteiger charge is -2.56. The van der Waals surface area contributed by atoms with Crippen molar-refractivity contribution in [3.05, 3.63) is 17.2 Å². The van der Waals surface area contributed by atoms with Crippen molar-refractivity contribution in [3.8, 4) is 0 Å². The minimum absolute atomic E-state index is 0.427. The molecule has 3 nitrogen and oxygen atoms in total. The molecule has 4 aliphatic rings. The van der Waals surface area contributed by atoms with Crippen LogP contribution in [0.25, 0.3) is 0 Å². The van der Waals surface area contributed by atoms with Gasteiger partial charge in [-0.2, -0.15) is 0 Å². The molecule has 4 fully saturated rings. The maximum absolute atomic E-state index is 5.63. The van der Waals surface area contributed by atoms with Crippen molar-refractivity contribution in [2.24, 2.45) is 23.5 Å². The fourth-order valence-electron chi connectivity index (χ4n) is 5.83. The van der Waals surface area contributed by atoms with Crippen molar-refractivity contribution in [2.45, 2.75) is 63.7 Å². The van der Waals surface area contributed by atoms with Crippen LogP contribution in [0.3, 0.4) is 0 Å². The summed E-state index contributed by atoms with van der Waals surface area (Å²) in [5, 5.41) is 0. The van der Waals surface area contributed by atoms with Gasteiger partial charge in [0.15, 0.2) is 0 Å². The van der Waals surface area contributed by atoms with Crippen LogP contribution in [0, 0.1) is 24.7 Å². The van der Waals surface area contributed by atoms with Gasteiger partial charge in [-0.15, -0.1) is 0 Å². The first-order chi connectivity index (χ1) is 9.68. The zero-order valence-corrected chi connectivity index (χ0v) is 12.6. The standard InChI is InChI=1S/C17H27N3/c1-11-16(20-15(19-11)3-2-4-18)17-8-12-5-13(9-17)7-14(6-12)10-17/h12-14H,2-10,18H2,1H3,(H,19,20). The van der Waals surface area contributed by atoms with Gasteiger partial charge in [0.05, 0.1) is 5.69 Å². The van der Waals surface area contributed by atoms with E-state index in [1.807, 2.05) is 0 Å². The number of H-pyrrole nitrogens is 1. The monoisotopic (exact) mass is 273 g/mol. The fourth-order valence-corrected chi connectivity index (χ4v) is 5.83. The minimum Gasteiger partial charge on any atom is -0.346 e. The number of nitrogens with two attached hydrogens (primary N) is 1. The highest BCUT2D eigenvalue weighted by Crippen LogP contribution is 2.60. The smallest absolute Gasteiger partial charge is 0.106 e. The van der Waals surface area contributed by atoms with Gasteiger partial charge in [0, 0.05) is 17.5 Å². The van der Waals surface area contributed by atoms with Gasteiger partial charge in [-0.1, -0.05) is 0 Å². The third-order valence-corrected chi connectivity index (χ3v) is 6.09. The molecule has 3 N–H and O–H groups in total. The summed E-state index contributed by atoms with van der Waals surface area (Å²) in [7, 11) is 0. The summed E-state index contributed by atoms with van der Waals surface area (Å²) in [5.74, 6) is 4.14. The highest BCUT2D eigenvalue weighted by atomic mass is 14.9. The Labute approximate surface area is 121 Å². The van der Waals surface area contributed by atoms with Gasteiger partial charge in [-0.25, -0.2) is 4.98 Å². The van der Waals surface area contributed by atoms with Crippen LogP contribution in [0.5, 0.6) is 0 Å². The average molecular weight is 273 g/mol. The SMILES string of the molecule is Cc1[nH]c(CCCN)nc1C12CC3CC(CC(C3)C1)C2. The number of aromatic nitrogens is 2. The number of aryl methyl sites for hydroxylation is 2. The summed E-state index contributed by atoms with van der Waals surface area (Å²) in [6.45, 7) is 2.99. The van der Waals surface area contributed by atoms with Crippen molar-refractivity contribution in [1.29, 1.82) is 0 Å². The van der Waals surface area contributed by atoms with Gasteiger partial charge in [0.25, 0.3) is 0 Å². The quantitative estimate of drug-likeness (QED) is 0.885. The molecule has 110 valence electrons. The van der Waals surface area contributed by atoms with Gasteiger partial charge in [-0.05, 0) is 76.2 Å². The number of aromatic amines is 1. The van der Waals surface area contributed by atoms with Crippen LogP contribution in [0.15, 0.2) is 0 Å². The van der Waals surface area contributed by atoms with Gasteiger partial charge in [0.2, 0.25) is 0 Å². The molecule has 4 saturated carbocycles. The molecular formula is C17H27N3. The van der Waals surface area contributed by atoms with Gasteiger partial charge < -0.3 is 10.7 Å². The number of hydrogen-bond donors (Lipinski definition) is 2. The number of nitrogens with zero attached hydrogens (tertiary/aromatic N) is 1. The molecule has 3 heteroatoms. The summed E-state index contributed by atoms with van der Waals surface area (Å²) >= 11 is 0. The summed E-state index contributed by atoms with van der Waals surface area (Å²) in [6, 6.07) is 0. The molecule has 1 aromatic heterocycles. The Morgan fingerprint density at radius 3 is 2.30 bits per heavy atom. The summed E-state index contributed by atoms with van der Waals surface area (Å²) in [4.78, 5) is 8.56. The van der Waals surface area contributed by atoms with Crippen LogP contribution in [0.4, 0.5) is 0 Å². The van der Waals surface area contributed by atoms with E-state index in [-0.39, 0.29) is 0 Å². The molecule has 1 aromatic rings. The van der Waals surface area contributed by atoms with E-state index in [0.29, 0.717) is 5.41 Å². The molecule has 0 radical (unpaired) electrons. The van der Waals surface area contributed by atoms with E-state index in [0.717, 1.165) is 37.1 Å². The molecule has 4 bridgehead atoms. The second kappa shape index (κ2) is 4.59. The first-order valence-corrected chi connectivity index (χ1v) is 8.44. The predicted octanol–water partition coefficient (Wildman–Crippen LogP) is 3.08. The van der Waals surface area contributed by atoms with E-state index < -0.39 is 0 Å². The van der Waals surface area contributed by atoms with E-state index in [9.17, 15) is 0 Å². The summed E-state index contributed by atoms with van der Waals surface area (Å²) in [6.07, 6.45) is 10.8. The normalized spacial score (nSPS) is 38.6. The van der Waals surface area contributed by atoms with E-state index in [2.05, 4.69) is 11.9 Å².